The second-order valence-corrected chi connectivity index (χ2v) is 5.88. The molecule has 0 aromatic carbocycles. The molecule has 0 aromatic rings. The van der Waals surface area contributed by atoms with Gasteiger partial charge in [-0.25, -0.2) is 0 Å². The van der Waals surface area contributed by atoms with Crippen LogP contribution in [-0.2, 0) is 4.79 Å². The molecule has 106 valence electrons. The molecular formula is C15H30N2O. The van der Waals surface area contributed by atoms with Crippen molar-refractivity contribution in [1.82, 2.24) is 10.6 Å². The number of carbonyl (C=O) groups is 1. The summed E-state index contributed by atoms with van der Waals surface area (Å²) in [5.41, 5.74) is 0. The van der Waals surface area contributed by atoms with Crippen LogP contribution in [0.4, 0.5) is 0 Å². The van der Waals surface area contributed by atoms with Gasteiger partial charge in [-0.3, -0.25) is 4.79 Å². The number of nitrogens with one attached hydrogen (secondary N) is 2. The van der Waals surface area contributed by atoms with Crippen molar-refractivity contribution >= 4 is 5.91 Å². The van der Waals surface area contributed by atoms with Gasteiger partial charge in [0.05, 0.1) is 6.04 Å². The maximum absolute atomic E-state index is 11.7. The molecule has 1 aliphatic rings. The van der Waals surface area contributed by atoms with Crippen LogP contribution >= 0.6 is 0 Å². The van der Waals surface area contributed by atoms with Crippen molar-refractivity contribution in [3.05, 3.63) is 0 Å². The van der Waals surface area contributed by atoms with Crippen LogP contribution in [0, 0.1) is 11.8 Å². The van der Waals surface area contributed by atoms with E-state index >= 15 is 0 Å². The van der Waals surface area contributed by atoms with Crippen LogP contribution in [0.3, 0.4) is 0 Å². The third kappa shape index (κ3) is 5.85. The van der Waals surface area contributed by atoms with E-state index in [-0.39, 0.29) is 11.9 Å². The standard InChI is InChI=1S/C15H30N2O/c1-4-10-17-15(18)13(3)16-11-9-14-7-5-12(2)6-8-14/h12-14,16H,4-11H2,1-3H3,(H,17,18). The second-order valence-electron chi connectivity index (χ2n) is 5.88. The third-order valence-electron chi connectivity index (χ3n) is 4.08. The molecule has 0 saturated heterocycles. The van der Waals surface area contributed by atoms with Gasteiger partial charge in [-0.05, 0) is 38.1 Å². The molecule has 1 fully saturated rings. The fraction of sp³-hybridized carbons (Fsp3) is 0.933. The largest absolute Gasteiger partial charge is 0.355 e. The summed E-state index contributed by atoms with van der Waals surface area (Å²) in [4.78, 5) is 11.7. The van der Waals surface area contributed by atoms with E-state index in [2.05, 4.69) is 24.5 Å². The molecule has 1 saturated carbocycles. The molecule has 1 aliphatic carbocycles. The molecule has 1 unspecified atom stereocenters. The molecule has 0 spiro atoms. The van der Waals surface area contributed by atoms with Gasteiger partial charge in [-0.2, -0.15) is 0 Å². The molecule has 1 atom stereocenters. The minimum atomic E-state index is -0.0564. The van der Waals surface area contributed by atoms with E-state index in [1.165, 1.54) is 32.1 Å². The van der Waals surface area contributed by atoms with Crippen LogP contribution in [0.25, 0.3) is 0 Å². The summed E-state index contributed by atoms with van der Waals surface area (Å²) in [6.07, 6.45) is 7.74. The number of carbonyl (C=O) groups excluding carboxylic acids is 1. The lowest BCUT2D eigenvalue weighted by atomic mass is 9.81. The molecule has 3 nitrogen and oxygen atoms in total. The average Bonchev–Trinajstić information content (AvgIpc) is 2.38. The van der Waals surface area contributed by atoms with E-state index in [0.717, 1.165) is 31.3 Å². The second kappa shape index (κ2) is 8.52. The van der Waals surface area contributed by atoms with Crippen LogP contribution in [0.15, 0.2) is 0 Å². The Bertz CT molecular complexity index is 235. The summed E-state index contributed by atoms with van der Waals surface area (Å²) in [7, 11) is 0. The number of amides is 1. The zero-order valence-electron chi connectivity index (χ0n) is 12.3. The van der Waals surface area contributed by atoms with Crippen LogP contribution in [0.1, 0.15) is 59.3 Å². The van der Waals surface area contributed by atoms with Gasteiger partial charge in [-0.15, -0.1) is 0 Å². The van der Waals surface area contributed by atoms with Crippen molar-refractivity contribution in [2.24, 2.45) is 11.8 Å². The van der Waals surface area contributed by atoms with Crippen molar-refractivity contribution in [1.29, 1.82) is 0 Å². The summed E-state index contributed by atoms with van der Waals surface area (Å²) in [6.45, 7) is 8.14. The normalized spacial score (nSPS) is 25.7. The molecule has 0 heterocycles. The lowest BCUT2D eigenvalue weighted by Crippen LogP contribution is -2.43. The lowest BCUT2D eigenvalue weighted by Gasteiger charge is -2.26. The van der Waals surface area contributed by atoms with Crippen molar-refractivity contribution in [3.63, 3.8) is 0 Å². The highest BCUT2D eigenvalue weighted by Crippen LogP contribution is 2.29. The van der Waals surface area contributed by atoms with E-state index < -0.39 is 0 Å². The molecule has 0 aliphatic heterocycles. The van der Waals surface area contributed by atoms with E-state index in [1.807, 2.05) is 6.92 Å². The maximum atomic E-state index is 11.7. The zero-order chi connectivity index (χ0) is 13.4. The van der Waals surface area contributed by atoms with Crippen molar-refractivity contribution < 1.29 is 4.79 Å². The average molecular weight is 254 g/mol. The molecule has 0 radical (unpaired) electrons. The fourth-order valence-corrected chi connectivity index (χ4v) is 2.62. The molecule has 2 N–H and O–H groups in total. The Kier molecular flexibility index (Phi) is 7.33. The van der Waals surface area contributed by atoms with E-state index in [4.69, 9.17) is 0 Å². The Balaban J connectivity index is 2.07. The first-order chi connectivity index (χ1) is 8.63. The first-order valence-corrected chi connectivity index (χ1v) is 7.64. The van der Waals surface area contributed by atoms with E-state index in [1.54, 1.807) is 0 Å². The SMILES string of the molecule is CCCNC(=O)C(C)NCCC1CCC(C)CC1. The van der Waals surface area contributed by atoms with Gasteiger partial charge in [0.1, 0.15) is 0 Å². The third-order valence-corrected chi connectivity index (χ3v) is 4.08. The molecular weight excluding hydrogens is 224 g/mol. The first-order valence-electron chi connectivity index (χ1n) is 7.64. The Morgan fingerprint density at radius 3 is 2.50 bits per heavy atom. The molecule has 18 heavy (non-hydrogen) atoms. The van der Waals surface area contributed by atoms with Gasteiger partial charge in [0.2, 0.25) is 5.91 Å². The number of hydrogen-bond acceptors (Lipinski definition) is 2. The first kappa shape index (κ1) is 15.5. The van der Waals surface area contributed by atoms with Gasteiger partial charge < -0.3 is 10.6 Å². The summed E-state index contributed by atoms with van der Waals surface area (Å²) < 4.78 is 0. The summed E-state index contributed by atoms with van der Waals surface area (Å²) >= 11 is 0. The smallest absolute Gasteiger partial charge is 0.236 e. The minimum Gasteiger partial charge on any atom is -0.355 e. The summed E-state index contributed by atoms with van der Waals surface area (Å²) in [5.74, 6) is 1.93. The predicted molar refractivity (Wildman–Crippen MR) is 76.5 cm³/mol. The van der Waals surface area contributed by atoms with Crippen molar-refractivity contribution in [3.8, 4) is 0 Å². The van der Waals surface area contributed by atoms with Gasteiger partial charge >= 0.3 is 0 Å². The maximum Gasteiger partial charge on any atom is 0.236 e. The summed E-state index contributed by atoms with van der Waals surface area (Å²) in [6, 6.07) is -0.0564. The Morgan fingerprint density at radius 1 is 1.22 bits per heavy atom. The van der Waals surface area contributed by atoms with Crippen LogP contribution < -0.4 is 10.6 Å². The summed E-state index contributed by atoms with van der Waals surface area (Å²) in [5, 5.41) is 6.26. The van der Waals surface area contributed by atoms with Crippen molar-refractivity contribution in [2.45, 2.75) is 65.3 Å². The number of rotatable bonds is 7. The Morgan fingerprint density at radius 2 is 1.89 bits per heavy atom. The quantitative estimate of drug-likeness (QED) is 0.733. The molecule has 0 bridgehead atoms. The monoisotopic (exact) mass is 254 g/mol. The molecule has 3 heteroatoms. The van der Waals surface area contributed by atoms with E-state index in [0.29, 0.717) is 0 Å². The number of hydrogen-bond donors (Lipinski definition) is 2. The minimum absolute atomic E-state index is 0.0564. The lowest BCUT2D eigenvalue weighted by molar-refractivity contribution is -0.122. The van der Waals surface area contributed by atoms with Gasteiger partial charge in [0.15, 0.2) is 0 Å². The molecule has 1 amide bonds. The van der Waals surface area contributed by atoms with Crippen LogP contribution in [-0.4, -0.2) is 25.0 Å². The highest BCUT2D eigenvalue weighted by molar-refractivity contribution is 5.81. The topological polar surface area (TPSA) is 41.1 Å². The highest BCUT2D eigenvalue weighted by atomic mass is 16.2. The molecule has 1 rings (SSSR count). The Hall–Kier alpha value is -0.570. The zero-order valence-corrected chi connectivity index (χ0v) is 12.3. The van der Waals surface area contributed by atoms with Gasteiger partial charge in [0, 0.05) is 6.54 Å². The predicted octanol–water partition coefficient (Wildman–Crippen LogP) is 2.71. The van der Waals surface area contributed by atoms with Gasteiger partial charge in [0.25, 0.3) is 0 Å². The highest BCUT2D eigenvalue weighted by Gasteiger charge is 2.18. The van der Waals surface area contributed by atoms with Crippen LogP contribution in [0.5, 0.6) is 0 Å². The fourth-order valence-electron chi connectivity index (χ4n) is 2.62. The Labute approximate surface area is 112 Å². The van der Waals surface area contributed by atoms with E-state index in [9.17, 15) is 4.79 Å². The van der Waals surface area contributed by atoms with Crippen LogP contribution in [0.2, 0.25) is 0 Å². The van der Waals surface area contributed by atoms with Gasteiger partial charge in [-0.1, -0.05) is 39.5 Å². The van der Waals surface area contributed by atoms with Crippen molar-refractivity contribution in [2.75, 3.05) is 13.1 Å². The molecule has 0 aromatic heterocycles.